The first-order valence-corrected chi connectivity index (χ1v) is 6.66. The van der Waals surface area contributed by atoms with Crippen LogP contribution in [0.15, 0.2) is 35.7 Å². The van der Waals surface area contributed by atoms with E-state index in [1.807, 2.05) is 38.1 Å². The maximum absolute atomic E-state index is 12.0. The molecule has 0 saturated heterocycles. The summed E-state index contributed by atoms with van der Waals surface area (Å²) in [6, 6.07) is 10.1. The number of rotatable bonds is 3. The predicted molar refractivity (Wildman–Crippen MR) is 73.7 cm³/mol. The van der Waals surface area contributed by atoms with Crippen LogP contribution in [0.3, 0.4) is 0 Å². The third kappa shape index (κ3) is 2.47. The molecule has 0 bridgehead atoms. The van der Waals surface area contributed by atoms with Crippen LogP contribution in [0.5, 0.6) is 0 Å². The van der Waals surface area contributed by atoms with Crippen molar-refractivity contribution in [2.24, 2.45) is 5.92 Å². The zero-order chi connectivity index (χ0) is 12.4. The molecule has 0 aliphatic heterocycles. The Hall–Kier alpha value is -1.41. The molecule has 2 aromatic rings. The van der Waals surface area contributed by atoms with Crippen molar-refractivity contribution in [2.75, 3.05) is 0 Å². The summed E-state index contributed by atoms with van der Waals surface area (Å²) in [7, 11) is 0. The van der Waals surface area contributed by atoms with Crippen molar-refractivity contribution in [3.05, 3.63) is 46.8 Å². The van der Waals surface area contributed by atoms with Crippen LogP contribution in [0.4, 0.5) is 0 Å². The topological polar surface area (TPSA) is 17.1 Å². The zero-order valence-electron chi connectivity index (χ0n) is 10.4. The van der Waals surface area contributed by atoms with Gasteiger partial charge in [-0.1, -0.05) is 32.0 Å². The van der Waals surface area contributed by atoms with Crippen LogP contribution >= 0.6 is 11.3 Å². The largest absolute Gasteiger partial charge is 0.294 e. The normalized spacial score (nSPS) is 10.8. The van der Waals surface area contributed by atoms with Gasteiger partial charge in [0.2, 0.25) is 0 Å². The lowest BCUT2D eigenvalue weighted by Crippen LogP contribution is -2.07. The first kappa shape index (κ1) is 12.1. The third-order valence-electron chi connectivity index (χ3n) is 2.83. The van der Waals surface area contributed by atoms with E-state index in [9.17, 15) is 4.79 Å². The molecule has 2 rings (SSSR count). The lowest BCUT2D eigenvalue weighted by Gasteiger charge is -2.08. The molecule has 0 atom stereocenters. The van der Waals surface area contributed by atoms with Crippen LogP contribution in [0, 0.1) is 12.8 Å². The summed E-state index contributed by atoms with van der Waals surface area (Å²) < 4.78 is 0. The molecule has 1 nitrogen and oxygen atoms in total. The summed E-state index contributed by atoms with van der Waals surface area (Å²) in [5.74, 6) is 0.261. The van der Waals surface area contributed by atoms with E-state index in [1.54, 1.807) is 11.3 Å². The summed E-state index contributed by atoms with van der Waals surface area (Å²) in [5.41, 5.74) is 3.20. The molecule has 0 unspecified atom stereocenters. The molecular weight excluding hydrogens is 228 g/mol. The SMILES string of the molecule is Cc1ccc(C(=O)C(C)C)cc1-c1cccs1. The first-order valence-electron chi connectivity index (χ1n) is 5.78. The number of carbonyl (C=O) groups excluding carboxylic acids is 1. The number of benzene rings is 1. The standard InChI is InChI=1S/C15H16OS/c1-10(2)15(16)12-7-6-11(3)13(9-12)14-5-4-8-17-14/h4-10H,1-3H3. The highest BCUT2D eigenvalue weighted by Crippen LogP contribution is 2.29. The molecule has 1 aromatic heterocycles. The Morgan fingerprint density at radius 2 is 2.00 bits per heavy atom. The van der Waals surface area contributed by atoms with Crippen LogP contribution in [0.2, 0.25) is 0 Å². The molecule has 2 heteroatoms. The molecule has 0 amide bonds. The third-order valence-corrected chi connectivity index (χ3v) is 3.74. The Morgan fingerprint density at radius 3 is 2.59 bits per heavy atom. The number of Topliss-reactive ketones (excluding diaryl/α,β-unsaturated/α-hetero) is 1. The van der Waals surface area contributed by atoms with Gasteiger partial charge in [-0.2, -0.15) is 0 Å². The fraction of sp³-hybridized carbons (Fsp3) is 0.267. The maximum atomic E-state index is 12.0. The maximum Gasteiger partial charge on any atom is 0.165 e. The highest BCUT2D eigenvalue weighted by atomic mass is 32.1. The number of thiophene rings is 1. The highest BCUT2D eigenvalue weighted by molar-refractivity contribution is 7.13. The van der Waals surface area contributed by atoms with Gasteiger partial charge in [0.05, 0.1) is 0 Å². The quantitative estimate of drug-likeness (QED) is 0.723. The van der Waals surface area contributed by atoms with Gasteiger partial charge in [-0.15, -0.1) is 11.3 Å². The predicted octanol–water partition coefficient (Wildman–Crippen LogP) is 4.56. The number of hydrogen-bond acceptors (Lipinski definition) is 2. The van der Waals surface area contributed by atoms with E-state index in [2.05, 4.69) is 18.4 Å². The van der Waals surface area contributed by atoms with Gasteiger partial charge in [0.15, 0.2) is 5.78 Å². The van der Waals surface area contributed by atoms with Gasteiger partial charge in [-0.25, -0.2) is 0 Å². The van der Waals surface area contributed by atoms with Crippen molar-refractivity contribution >= 4 is 17.1 Å². The average Bonchev–Trinajstić information content (AvgIpc) is 2.82. The molecule has 0 fully saturated rings. The molecular formula is C15H16OS. The summed E-state index contributed by atoms with van der Waals surface area (Å²) >= 11 is 1.71. The molecule has 1 aromatic carbocycles. The van der Waals surface area contributed by atoms with Crippen LogP contribution < -0.4 is 0 Å². The molecule has 0 aliphatic carbocycles. The summed E-state index contributed by atoms with van der Waals surface area (Å²) in [6.45, 7) is 5.96. The van der Waals surface area contributed by atoms with E-state index in [0.717, 1.165) is 5.56 Å². The van der Waals surface area contributed by atoms with Crippen molar-refractivity contribution in [1.82, 2.24) is 0 Å². The van der Waals surface area contributed by atoms with Crippen molar-refractivity contribution in [3.8, 4) is 10.4 Å². The number of aryl methyl sites for hydroxylation is 1. The van der Waals surface area contributed by atoms with E-state index in [1.165, 1.54) is 16.0 Å². The van der Waals surface area contributed by atoms with Crippen LogP contribution in [0.25, 0.3) is 10.4 Å². The molecule has 0 saturated carbocycles. The molecule has 88 valence electrons. The van der Waals surface area contributed by atoms with Crippen LogP contribution in [-0.2, 0) is 0 Å². The molecule has 0 N–H and O–H groups in total. The Morgan fingerprint density at radius 1 is 1.24 bits per heavy atom. The molecule has 1 heterocycles. The number of carbonyl (C=O) groups is 1. The summed E-state index contributed by atoms with van der Waals surface area (Å²) in [4.78, 5) is 13.2. The highest BCUT2D eigenvalue weighted by Gasteiger charge is 2.12. The van der Waals surface area contributed by atoms with Gasteiger partial charge >= 0.3 is 0 Å². The van der Waals surface area contributed by atoms with E-state index in [0.29, 0.717) is 0 Å². The summed E-state index contributed by atoms with van der Waals surface area (Å²) in [5, 5.41) is 2.06. The van der Waals surface area contributed by atoms with Crippen LogP contribution in [-0.4, -0.2) is 5.78 Å². The minimum Gasteiger partial charge on any atom is -0.294 e. The second-order valence-corrected chi connectivity index (χ2v) is 5.47. The number of hydrogen-bond donors (Lipinski definition) is 0. The van der Waals surface area contributed by atoms with Crippen molar-refractivity contribution in [2.45, 2.75) is 20.8 Å². The second-order valence-electron chi connectivity index (χ2n) is 4.53. The lowest BCUT2D eigenvalue weighted by molar-refractivity contribution is 0.0939. The van der Waals surface area contributed by atoms with Crippen molar-refractivity contribution in [1.29, 1.82) is 0 Å². The van der Waals surface area contributed by atoms with E-state index < -0.39 is 0 Å². The van der Waals surface area contributed by atoms with Gasteiger partial charge in [0.1, 0.15) is 0 Å². The Kier molecular flexibility index (Phi) is 3.43. The smallest absolute Gasteiger partial charge is 0.165 e. The Bertz CT molecular complexity index is 524. The lowest BCUT2D eigenvalue weighted by atomic mass is 9.96. The summed E-state index contributed by atoms with van der Waals surface area (Å²) in [6.07, 6.45) is 0. The Balaban J connectivity index is 2.47. The van der Waals surface area contributed by atoms with Gasteiger partial charge in [0.25, 0.3) is 0 Å². The van der Waals surface area contributed by atoms with Gasteiger partial charge in [-0.05, 0) is 35.6 Å². The Labute approximate surface area is 106 Å². The van der Waals surface area contributed by atoms with Crippen molar-refractivity contribution < 1.29 is 4.79 Å². The minimum atomic E-state index is 0.0499. The molecule has 0 aliphatic rings. The first-order chi connectivity index (χ1) is 8.09. The van der Waals surface area contributed by atoms with E-state index >= 15 is 0 Å². The fourth-order valence-electron chi connectivity index (χ4n) is 1.81. The molecule has 0 spiro atoms. The van der Waals surface area contributed by atoms with Gasteiger partial charge in [-0.3, -0.25) is 4.79 Å². The van der Waals surface area contributed by atoms with Crippen molar-refractivity contribution in [3.63, 3.8) is 0 Å². The van der Waals surface area contributed by atoms with E-state index in [4.69, 9.17) is 0 Å². The average molecular weight is 244 g/mol. The van der Waals surface area contributed by atoms with E-state index in [-0.39, 0.29) is 11.7 Å². The number of ketones is 1. The fourth-order valence-corrected chi connectivity index (χ4v) is 2.61. The zero-order valence-corrected chi connectivity index (χ0v) is 11.2. The molecule has 0 radical (unpaired) electrons. The van der Waals surface area contributed by atoms with Gasteiger partial charge < -0.3 is 0 Å². The minimum absolute atomic E-state index is 0.0499. The monoisotopic (exact) mass is 244 g/mol. The van der Waals surface area contributed by atoms with Crippen LogP contribution in [0.1, 0.15) is 29.8 Å². The van der Waals surface area contributed by atoms with Gasteiger partial charge in [0, 0.05) is 16.4 Å². The second kappa shape index (κ2) is 4.84. The molecule has 17 heavy (non-hydrogen) atoms.